The number of benzene rings is 2. The second kappa shape index (κ2) is 9.11. The molecule has 160 valence electrons. The van der Waals surface area contributed by atoms with Crippen LogP contribution in [0, 0.1) is 23.0 Å². The molecule has 1 saturated heterocycles. The van der Waals surface area contributed by atoms with Gasteiger partial charge in [-0.1, -0.05) is 41.4 Å². The Labute approximate surface area is 179 Å². The van der Waals surface area contributed by atoms with Crippen molar-refractivity contribution in [3.8, 4) is 0 Å². The fraction of sp³-hybridized carbons (Fsp3) is 0.350. The van der Waals surface area contributed by atoms with Gasteiger partial charge in [-0.2, -0.15) is 4.31 Å². The first-order valence-corrected chi connectivity index (χ1v) is 11.2. The van der Waals surface area contributed by atoms with E-state index in [2.05, 4.69) is 0 Å². The number of piperidine rings is 1. The number of esters is 1. The van der Waals surface area contributed by atoms with Gasteiger partial charge in [-0.25, -0.2) is 8.42 Å². The van der Waals surface area contributed by atoms with Gasteiger partial charge >= 0.3 is 5.97 Å². The van der Waals surface area contributed by atoms with Crippen LogP contribution >= 0.6 is 11.6 Å². The van der Waals surface area contributed by atoms with Crippen molar-refractivity contribution in [2.45, 2.75) is 31.3 Å². The van der Waals surface area contributed by atoms with Gasteiger partial charge in [0, 0.05) is 25.2 Å². The molecule has 1 fully saturated rings. The summed E-state index contributed by atoms with van der Waals surface area (Å²) >= 11 is 5.99. The highest BCUT2D eigenvalue weighted by Gasteiger charge is 2.34. The van der Waals surface area contributed by atoms with E-state index in [0.29, 0.717) is 12.8 Å². The van der Waals surface area contributed by atoms with Crippen LogP contribution in [0.2, 0.25) is 5.02 Å². The van der Waals surface area contributed by atoms with E-state index in [-0.39, 0.29) is 41.3 Å². The van der Waals surface area contributed by atoms with Crippen molar-refractivity contribution in [3.05, 3.63) is 68.7 Å². The highest BCUT2D eigenvalue weighted by Crippen LogP contribution is 2.31. The number of ether oxygens (including phenoxy) is 1. The van der Waals surface area contributed by atoms with Crippen LogP contribution in [0.1, 0.15) is 24.0 Å². The molecule has 10 heteroatoms. The lowest BCUT2D eigenvalue weighted by Gasteiger charge is -2.30. The molecule has 30 heavy (non-hydrogen) atoms. The summed E-state index contributed by atoms with van der Waals surface area (Å²) in [5.41, 5.74) is 1.61. The predicted molar refractivity (Wildman–Crippen MR) is 111 cm³/mol. The maximum absolute atomic E-state index is 12.9. The molecule has 0 aromatic heterocycles. The number of carbonyl (C=O) groups excluding carboxylic acids is 1. The van der Waals surface area contributed by atoms with Gasteiger partial charge in [-0.15, -0.1) is 0 Å². The van der Waals surface area contributed by atoms with Gasteiger partial charge in [0.2, 0.25) is 10.0 Å². The molecule has 0 spiro atoms. The highest BCUT2D eigenvalue weighted by atomic mass is 35.5. The minimum Gasteiger partial charge on any atom is -0.461 e. The van der Waals surface area contributed by atoms with Crippen molar-refractivity contribution in [1.82, 2.24) is 4.31 Å². The second-order valence-corrected chi connectivity index (χ2v) is 9.46. The Morgan fingerprint density at radius 2 is 1.93 bits per heavy atom. The Bertz CT molecular complexity index is 1060. The van der Waals surface area contributed by atoms with Gasteiger partial charge in [0.1, 0.15) is 11.5 Å². The molecule has 2 aromatic carbocycles. The molecule has 0 radical (unpaired) electrons. The van der Waals surface area contributed by atoms with Crippen LogP contribution in [0.5, 0.6) is 0 Å². The average Bonchev–Trinajstić information content (AvgIpc) is 2.72. The van der Waals surface area contributed by atoms with Gasteiger partial charge in [-0.3, -0.25) is 14.9 Å². The van der Waals surface area contributed by atoms with E-state index in [1.54, 1.807) is 0 Å². The fourth-order valence-corrected chi connectivity index (χ4v) is 5.31. The van der Waals surface area contributed by atoms with E-state index in [0.717, 1.165) is 23.3 Å². The zero-order valence-electron chi connectivity index (χ0n) is 16.3. The zero-order chi connectivity index (χ0) is 21.9. The number of nitro groups is 1. The van der Waals surface area contributed by atoms with E-state index >= 15 is 0 Å². The first kappa shape index (κ1) is 22.2. The summed E-state index contributed by atoms with van der Waals surface area (Å²) in [6.45, 7) is 2.33. The topological polar surface area (TPSA) is 107 Å². The maximum Gasteiger partial charge on any atom is 0.309 e. The average molecular weight is 453 g/mol. The smallest absolute Gasteiger partial charge is 0.309 e. The van der Waals surface area contributed by atoms with Crippen LogP contribution in [-0.4, -0.2) is 36.7 Å². The summed E-state index contributed by atoms with van der Waals surface area (Å²) in [6.07, 6.45) is 0.608. The number of nitro benzene ring substituents is 1. The summed E-state index contributed by atoms with van der Waals surface area (Å²) in [6, 6.07) is 11.0. The van der Waals surface area contributed by atoms with Gasteiger partial charge < -0.3 is 4.74 Å². The highest BCUT2D eigenvalue weighted by molar-refractivity contribution is 7.89. The van der Waals surface area contributed by atoms with Gasteiger partial charge in [0.25, 0.3) is 5.69 Å². The number of aryl methyl sites for hydroxylation is 1. The minimum atomic E-state index is -4.01. The lowest BCUT2D eigenvalue weighted by Crippen LogP contribution is -2.40. The Hall–Kier alpha value is -2.49. The Kier molecular flexibility index (Phi) is 6.74. The summed E-state index contributed by atoms with van der Waals surface area (Å²) < 4.78 is 32.4. The SMILES string of the molecule is Cc1cccc(COC(=O)C2CCN(S(=O)(=O)c3cc([N+](=O)[O-])ccc3Cl)CC2)c1. The van der Waals surface area contributed by atoms with E-state index in [4.69, 9.17) is 16.3 Å². The maximum atomic E-state index is 12.9. The number of nitrogens with zero attached hydrogens (tertiary/aromatic N) is 2. The number of hydrogen-bond acceptors (Lipinski definition) is 6. The second-order valence-electron chi connectivity index (χ2n) is 7.15. The van der Waals surface area contributed by atoms with Crippen molar-refractivity contribution < 1.29 is 22.9 Å². The zero-order valence-corrected chi connectivity index (χ0v) is 17.9. The minimum absolute atomic E-state index is 0.0831. The molecule has 0 atom stereocenters. The van der Waals surface area contributed by atoms with Crippen molar-refractivity contribution in [1.29, 1.82) is 0 Å². The molecule has 1 heterocycles. The third kappa shape index (κ3) is 4.97. The first-order chi connectivity index (χ1) is 14.2. The molecule has 0 bridgehead atoms. The molecule has 2 aromatic rings. The summed E-state index contributed by atoms with van der Waals surface area (Å²) in [4.78, 5) is 22.4. The molecule has 0 aliphatic carbocycles. The molecular weight excluding hydrogens is 432 g/mol. The summed E-state index contributed by atoms with van der Waals surface area (Å²) in [5, 5.41) is 10.9. The molecule has 0 saturated carbocycles. The van der Waals surface area contributed by atoms with Crippen molar-refractivity contribution >= 4 is 33.3 Å². The van der Waals surface area contributed by atoms with Crippen LogP contribution in [0.25, 0.3) is 0 Å². The quantitative estimate of drug-likeness (QED) is 0.375. The van der Waals surface area contributed by atoms with Gasteiger partial charge in [0.15, 0.2) is 0 Å². The van der Waals surface area contributed by atoms with Crippen LogP contribution in [0.3, 0.4) is 0 Å². The predicted octanol–water partition coefficient (Wildman–Crippen LogP) is 3.70. The molecule has 3 rings (SSSR count). The molecule has 0 amide bonds. The number of non-ortho nitro benzene ring substituents is 1. The fourth-order valence-electron chi connectivity index (χ4n) is 3.35. The number of rotatable bonds is 6. The Morgan fingerprint density at radius 3 is 2.57 bits per heavy atom. The Morgan fingerprint density at radius 1 is 1.23 bits per heavy atom. The van der Waals surface area contributed by atoms with E-state index in [1.165, 1.54) is 10.4 Å². The molecule has 1 aliphatic rings. The lowest BCUT2D eigenvalue weighted by molar-refractivity contribution is -0.385. The van der Waals surface area contributed by atoms with Crippen molar-refractivity contribution in [2.75, 3.05) is 13.1 Å². The number of hydrogen-bond donors (Lipinski definition) is 0. The van der Waals surface area contributed by atoms with Crippen LogP contribution in [0.15, 0.2) is 47.4 Å². The van der Waals surface area contributed by atoms with Crippen molar-refractivity contribution in [2.24, 2.45) is 5.92 Å². The van der Waals surface area contributed by atoms with Crippen molar-refractivity contribution in [3.63, 3.8) is 0 Å². The molecule has 0 N–H and O–H groups in total. The van der Waals surface area contributed by atoms with Gasteiger partial charge in [0.05, 0.1) is 15.9 Å². The standard InChI is InChI=1S/C20H21ClN2O6S/c1-14-3-2-4-15(11-14)13-29-20(24)16-7-9-22(10-8-16)30(27,28)19-12-17(23(25)26)5-6-18(19)21/h2-6,11-12,16H,7-10,13H2,1H3. The molecular formula is C20H21ClN2O6S. The van der Waals surface area contributed by atoms with E-state index < -0.39 is 20.9 Å². The summed E-state index contributed by atoms with van der Waals surface area (Å²) in [5.74, 6) is -0.760. The normalized spacial score (nSPS) is 15.7. The third-order valence-electron chi connectivity index (χ3n) is 4.99. The number of halogens is 1. The molecule has 8 nitrogen and oxygen atoms in total. The monoisotopic (exact) mass is 452 g/mol. The van der Waals surface area contributed by atoms with Crippen LogP contribution in [0.4, 0.5) is 5.69 Å². The van der Waals surface area contributed by atoms with E-state index in [1.807, 2.05) is 31.2 Å². The lowest BCUT2D eigenvalue weighted by atomic mass is 9.98. The van der Waals surface area contributed by atoms with E-state index in [9.17, 15) is 23.3 Å². The van der Waals surface area contributed by atoms with Gasteiger partial charge in [-0.05, 0) is 31.4 Å². The van der Waals surface area contributed by atoms with Crippen LogP contribution in [-0.2, 0) is 26.2 Å². The largest absolute Gasteiger partial charge is 0.461 e. The molecule has 1 aliphatic heterocycles. The van der Waals surface area contributed by atoms with Crippen LogP contribution < -0.4 is 0 Å². The third-order valence-corrected chi connectivity index (χ3v) is 7.37. The molecule has 0 unspecified atom stereocenters. The number of carbonyl (C=O) groups is 1. The number of sulfonamides is 1. The summed E-state index contributed by atoms with van der Waals surface area (Å²) in [7, 11) is -4.01. The Balaban J connectivity index is 1.62. The first-order valence-electron chi connectivity index (χ1n) is 9.35.